The van der Waals surface area contributed by atoms with Crippen LogP contribution in [-0.4, -0.2) is 65.8 Å². The second kappa shape index (κ2) is 10.0. The van der Waals surface area contributed by atoms with Crippen molar-refractivity contribution in [2.45, 2.75) is 99.7 Å². The Hall–Kier alpha value is -2.52. The lowest BCUT2D eigenvalue weighted by molar-refractivity contribution is -0.228. The van der Waals surface area contributed by atoms with Gasteiger partial charge in [0.15, 0.2) is 0 Å². The van der Waals surface area contributed by atoms with E-state index in [2.05, 4.69) is 9.80 Å². The number of hydrogen-bond acceptors (Lipinski definition) is 3. The number of amides is 1. The highest BCUT2D eigenvalue weighted by Gasteiger charge is 2.57. The third-order valence-corrected chi connectivity index (χ3v) is 11.1. The molecule has 0 N–H and O–H groups in total. The highest BCUT2D eigenvalue weighted by atomic mass is 19.4. The van der Waals surface area contributed by atoms with Crippen LogP contribution in [0.5, 0.6) is 0 Å². The molecule has 1 amide bonds. The van der Waals surface area contributed by atoms with Crippen LogP contribution in [-0.2, 0) is 33.5 Å². The zero-order valence-corrected chi connectivity index (χ0v) is 23.8. The van der Waals surface area contributed by atoms with Gasteiger partial charge in [-0.05, 0) is 92.7 Å². The summed E-state index contributed by atoms with van der Waals surface area (Å²) in [5.41, 5.74) is -1.88. The van der Waals surface area contributed by atoms with E-state index in [9.17, 15) is 26.7 Å². The number of carbonyl (C=O) groups is 1. The molecule has 2 aromatic rings. The molecule has 0 aromatic heterocycles. The number of piperidine rings is 1. The Morgan fingerprint density at radius 2 is 1.67 bits per heavy atom. The molecule has 2 unspecified atom stereocenters. The van der Waals surface area contributed by atoms with Crippen LogP contribution < -0.4 is 0 Å². The third-order valence-electron chi connectivity index (χ3n) is 11.1. The van der Waals surface area contributed by atoms with Gasteiger partial charge >= 0.3 is 6.18 Å². The summed E-state index contributed by atoms with van der Waals surface area (Å²) < 4.78 is 74.9. The molecule has 5 aliphatic rings. The van der Waals surface area contributed by atoms with E-state index in [1.54, 1.807) is 18.2 Å². The van der Waals surface area contributed by atoms with Gasteiger partial charge < -0.3 is 9.64 Å². The van der Waals surface area contributed by atoms with E-state index in [4.69, 9.17) is 4.74 Å². The predicted molar refractivity (Wildman–Crippen MR) is 147 cm³/mol. The van der Waals surface area contributed by atoms with E-state index in [1.165, 1.54) is 24.3 Å². The van der Waals surface area contributed by atoms with Crippen LogP contribution in [0, 0.1) is 11.7 Å². The zero-order valence-electron chi connectivity index (χ0n) is 23.8. The first-order valence-electron chi connectivity index (χ1n) is 15.3. The van der Waals surface area contributed by atoms with E-state index < -0.39 is 22.8 Å². The Morgan fingerprint density at radius 1 is 0.976 bits per heavy atom. The topological polar surface area (TPSA) is 32.8 Å². The van der Waals surface area contributed by atoms with Crippen LogP contribution in [0.1, 0.15) is 67.7 Å². The number of nitrogens with zero attached hydrogens (tertiary/aromatic N) is 2. The number of likely N-dealkylation sites (tertiary alicyclic amines) is 1. The molecule has 6 atom stereocenters. The van der Waals surface area contributed by atoms with Crippen molar-refractivity contribution in [3.8, 4) is 0 Å². The lowest BCUT2D eigenvalue weighted by atomic mass is 9.63. The van der Waals surface area contributed by atoms with Gasteiger partial charge in [0.05, 0.1) is 19.3 Å². The van der Waals surface area contributed by atoms with Crippen LogP contribution >= 0.6 is 0 Å². The summed E-state index contributed by atoms with van der Waals surface area (Å²) >= 11 is 0. The minimum Gasteiger partial charge on any atom is -0.378 e. The highest BCUT2D eigenvalue weighted by Crippen LogP contribution is 2.52. The van der Waals surface area contributed by atoms with Crippen molar-refractivity contribution in [2.75, 3.05) is 19.8 Å². The molecule has 4 saturated heterocycles. The molecule has 4 nitrogen and oxygen atoms in total. The summed E-state index contributed by atoms with van der Waals surface area (Å²) in [6.45, 7) is 2.69. The smallest absolute Gasteiger partial charge is 0.378 e. The van der Waals surface area contributed by atoms with E-state index >= 15 is 0 Å². The molecule has 9 heteroatoms. The molecule has 0 spiro atoms. The fourth-order valence-corrected chi connectivity index (χ4v) is 8.89. The molecular weight excluding hydrogens is 551 g/mol. The van der Waals surface area contributed by atoms with Gasteiger partial charge in [-0.1, -0.05) is 30.3 Å². The Balaban J connectivity index is 1.20. The van der Waals surface area contributed by atoms with Gasteiger partial charge in [-0.3, -0.25) is 9.69 Å². The molecule has 0 saturated carbocycles. The molecule has 42 heavy (non-hydrogen) atoms. The molecule has 4 fully saturated rings. The highest BCUT2D eigenvalue weighted by molar-refractivity contribution is 5.80. The number of hydrogen-bond donors (Lipinski definition) is 0. The lowest BCUT2D eigenvalue weighted by Gasteiger charge is -2.48. The second-order valence-corrected chi connectivity index (χ2v) is 13.4. The molecule has 4 heterocycles. The maximum Gasteiger partial charge on any atom is 0.426 e. The molecule has 2 aromatic carbocycles. The second-order valence-electron chi connectivity index (χ2n) is 13.4. The normalized spacial score (nSPS) is 32.7. The Labute approximate surface area is 243 Å². The number of ether oxygens (including phenoxy) is 1. The summed E-state index contributed by atoms with van der Waals surface area (Å²) in [5, 5.41) is 0. The summed E-state index contributed by atoms with van der Waals surface area (Å²) in [6, 6.07) is 11.8. The average molecular weight is 589 g/mol. The number of rotatable bonds is 5. The third kappa shape index (κ3) is 4.40. The van der Waals surface area contributed by atoms with Crippen molar-refractivity contribution in [1.29, 1.82) is 0 Å². The molecule has 4 aliphatic heterocycles. The summed E-state index contributed by atoms with van der Waals surface area (Å²) in [5.74, 6) is -0.187. The van der Waals surface area contributed by atoms with Gasteiger partial charge in [-0.15, -0.1) is 0 Å². The number of aryl methyl sites for hydroxylation is 1. The molecular formula is C33H37F5N2O2. The van der Waals surface area contributed by atoms with Gasteiger partial charge in [-0.25, -0.2) is 8.78 Å². The largest absolute Gasteiger partial charge is 0.426 e. The fraction of sp³-hybridized carbons (Fsp3) is 0.606. The Bertz CT molecular complexity index is 1340. The predicted octanol–water partition coefficient (Wildman–Crippen LogP) is 6.24. The molecule has 2 bridgehead atoms. The first-order valence-corrected chi connectivity index (χ1v) is 15.3. The number of halogens is 5. The SMILES string of the molecule is CC(F)(c1ccc2c(c1)CC[C@H]1N(C(=O)C3C[C@H]4CC[C@@H](C3)N4C3COC3)CC[C@@]21Cc1ccc(F)cc1)C(F)(F)F. The van der Waals surface area contributed by atoms with Gasteiger partial charge in [0.25, 0.3) is 0 Å². The first-order chi connectivity index (χ1) is 20.0. The fourth-order valence-electron chi connectivity index (χ4n) is 8.89. The van der Waals surface area contributed by atoms with Crippen LogP contribution in [0.25, 0.3) is 0 Å². The van der Waals surface area contributed by atoms with E-state index in [1.807, 2.05) is 0 Å². The van der Waals surface area contributed by atoms with Gasteiger partial charge in [0.2, 0.25) is 11.6 Å². The van der Waals surface area contributed by atoms with Crippen molar-refractivity contribution in [3.05, 3.63) is 70.5 Å². The Morgan fingerprint density at radius 3 is 2.29 bits per heavy atom. The maximum atomic E-state index is 15.0. The van der Waals surface area contributed by atoms with Crippen LogP contribution in [0.3, 0.4) is 0 Å². The number of carbonyl (C=O) groups excluding carboxylic acids is 1. The minimum atomic E-state index is -5.03. The number of alkyl halides is 4. The van der Waals surface area contributed by atoms with Crippen LogP contribution in [0.2, 0.25) is 0 Å². The quantitative estimate of drug-likeness (QED) is 0.388. The monoisotopic (exact) mass is 588 g/mol. The molecule has 1 aliphatic carbocycles. The molecule has 7 rings (SSSR count). The zero-order chi connectivity index (χ0) is 29.4. The van der Waals surface area contributed by atoms with Crippen molar-refractivity contribution in [3.63, 3.8) is 0 Å². The van der Waals surface area contributed by atoms with Crippen molar-refractivity contribution in [2.24, 2.45) is 5.92 Å². The van der Waals surface area contributed by atoms with E-state index in [0.717, 1.165) is 50.0 Å². The lowest BCUT2D eigenvalue weighted by Crippen LogP contribution is -2.58. The van der Waals surface area contributed by atoms with Gasteiger partial charge in [-0.2, -0.15) is 13.2 Å². The number of benzene rings is 2. The first kappa shape index (κ1) is 28.3. The summed E-state index contributed by atoms with van der Waals surface area (Å²) in [6.07, 6.45) is 1.18. The number of fused-ring (bicyclic) bond motifs is 5. The van der Waals surface area contributed by atoms with E-state index in [-0.39, 0.29) is 23.7 Å². The minimum absolute atomic E-state index is 0.0378. The molecule has 226 valence electrons. The van der Waals surface area contributed by atoms with Gasteiger partial charge in [0, 0.05) is 36.0 Å². The Kier molecular flexibility index (Phi) is 6.74. The van der Waals surface area contributed by atoms with Gasteiger partial charge in [0.1, 0.15) is 5.82 Å². The maximum absolute atomic E-state index is 15.0. The van der Waals surface area contributed by atoms with Crippen LogP contribution in [0.15, 0.2) is 42.5 Å². The van der Waals surface area contributed by atoms with Crippen molar-refractivity contribution >= 4 is 5.91 Å². The average Bonchev–Trinajstić information content (AvgIpc) is 3.41. The van der Waals surface area contributed by atoms with Crippen molar-refractivity contribution in [1.82, 2.24) is 9.80 Å². The van der Waals surface area contributed by atoms with E-state index in [0.29, 0.717) is 62.8 Å². The van der Waals surface area contributed by atoms with Crippen LogP contribution in [0.4, 0.5) is 22.0 Å². The van der Waals surface area contributed by atoms with Crippen molar-refractivity contribution < 1.29 is 31.5 Å². The summed E-state index contributed by atoms with van der Waals surface area (Å²) in [7, 11) is 0. The standard InChI is InChI=1S/C33H37F5N2O2/c1-31(35,33(36,37)38)23-5-10-28-21(14-23)4-11-29-32(28,17-20-2-6-24(34)7-3-20)12-13-39(29)30(41)22-15-25-8-9-26(16-22)40(25)27-18-42-19-27/h2-3,5-7,10,14,22,25-27,29H,4,8-9,11-13,15-19H2,1H3/t22?,25-,26+,29-,31?,32-/m1/s1. The summed E-state index contributed by atoms with van der Waals surface area (Å²) in [4.78, 5) is 18.9. The molecule has 0 radical (unpaired) electrons.